The highest BCUT2D eigenvalue weighted by Gasteiger charge is 2.12. The van der Waals surface area contributed by atoms with Crippen LogP contribution >= 0.6 is 0 Å². The maximum atomic E-state index is 8.98. The number of rotatable bonds is 9. The van der Waals surface area contributed by atoms with E-state index in [2.05, 4.69) is 25.7 Å². The standard InChI is InChI=1S/C10H20N6O3/c1-3-19-10-14-8(13-9(15-10)16-11)12-7(4-5-17)6-18-2/h7,17H,3-6,11H2,1-2H3,(H2,12,13,14,15,16). The first-order chi connectivity index (χ1) is 9.23. The third-order valence-electron chi connectivity index (χ3n) is 2.20. The van der Waals surface area contributed by atoms with Crippen LogP contribution in [0.4, 0.5) is 11.9 Å². The Kier molecular flexibility index (Phi) is 6.79. The number of nitrogen functional groups attached to an aromatic ring is 1. The van der Waals surface area contributed by atoms with Crippen LogP contribution in [0.25, 0.3) is 0 Å². The Morgan fingerprint density at radius 2 is 2.05 bits per heavy atom. The van der Waals surface area contributed by atoms with E-state index in [9.17, 15) is 0 Å². The Labute approximate surface area is 111 Å². The Bertz CT molecular complexity index is 372. The summed E-state index contributed by atoms with van der Waals surface area (Å²) in [7, 11) is 1.58. The molecular formula is C10H20N6O3. The van der Waals surface area contributed by atoms with E-state index >= 15 is 0 Å². The summed E-state index contributed by atoms with van der Waals surface area (Å²) in [4.78, 5) is 12.1. The zero-order valence-corrected chi connectivity index (χ0v) is 11.1. The van der Waals surface area contributed by atoms with Gasteiger partial charge in [-0.15, -0.1) is 0 Å². The molecule has 0 aliphatic heterocycles. The lowest BCUT2D eigenvalue weighted by molar-refractivity contribution is 0.170. The number of hydrogen-bond acceptors (Lipinski definition) is 9. The number of aliphatic hydroxyl groups is 1. The average molecular weight is 272 g/mol. The maximum absolute atomic E-state index is 8.98. The molecule has 1 atom stereocenters. The van der Waals surface area contributed by atoms with Gasteiger partial charge in [0.1, 0.15) is 0 Å². The summed E-state index contributed by atoms with van der Waals surface area (Å²) in [5.41, 5.74) is 2.34. The van der Waals surface area contributed by atoms with Gasteiger partial charge in [-0.05, 0) is 13.3 Å². The fourth-order valence-corrected chi connectivity index (χ4v) is 1.42. The van der Waals surface area contributed by atoms with Crippen LogP contribution in [-0.2, 0) is 4.74 Å². The van der Waals surface area contributed by atoms with Gasteiger partial charge in [0.2, 0.25) is 11.9 Å². The molecule has 0 aliphatic carbocycles. The van der Waals surface area contributed by atoms with Gasteiger partial charge in [0.15, 0.2) is 0 Å². The van der Waals surface area contributed by atoms with Crippen molar-refractivity contribution in [2.45, 2.75) is 19.4 Å². The number of hydrazine groups is 1. The summed E-state index contributed by atoms with van der Waals surface area (Å²) in [6.45, 7) is 2.71. The van der Waals surface area contributed by atoms with Gasteiger partial charge in [-0.3, -0.25) is 5.43 Å². The fourth-order valence-electron chi connectivity index (χ4n) is 1.42. The normalized spacial score (nSPS) is 12.0. The zero-order valence-electron chi connectivity index (χ0n) is 11.1. The molecule has 1 aromatic heterocycles. The molecule has 1 unspecified atom stereocenters. The van der Waals surface area contributed by atoms with Crippen molar-refractivity contribution in [1.82, 2.24) is 15.0 Å². The molecule has 0 spiro atoms. The average Bonchev–Trinajstić information content (AvgIpc) is 2.39. The molecule has 0 fully saturated rings. The Morgan fingerprint density at radius 1 is 1.32 bits per heavy atom. The molecule has 1 rings (SSSR count). The number of hydrogen-bond donors (Lipinski definition) is 4. The molecule has 1 heterocycles. The molecule has 0 saturated carbocycles. The number of nitrogens with two attached hydrogens (primary N) is 1. The molecule has 1 aromatic rings. The van der Waals surface area contributed by atoms with Gasteiger partial charge < -0.3 is 19.9 Å². The SMILES string of the molecule is CCOc1nc(NN)nc(NC(CCO)COC)n1. The third kappa shape index (κ3) is 5.20. The number of nitrogens with one attached hydrogen (secondary N) is 2. The van der Waals surface area contributed by atoms with Crippen molar-refractivity contribution in [3.8, 4) is 6.01 Å². The summed E-state index contributed by atoms with van der Waals surface area (Å²) in [6.07, 6.45) is 0.509. The number of anilines is 2. The molecule has 9 nitrogen and oxygen atoms in total. The molecule has 0 aliphatic rings. The summed E-state index contributed by atoms with van der Waals surface area (Å²) in [5, 5.41) is 12.0. The number of methoxy groups -OCH3 is 1. The summed E-state index contributed by atoms with van der Waals surface area (Å²) < 4.78 is 10.3. The van der Waals surface area contributed by atoms with Crippen molar-refractivity contribution in [2.24, 2.45) is 5.84 Å². The minimum atomic E-state index is -0.113. The topological polar surface area (TPSA) is 127 Å². The Balaban J connectivity index is 2.81. The van der Waals surface area contributed by atoms with Gasteiger partial charge in [-0.25, -0.2) is 5.84 Å². The molecule has 9 heteroatoms. The van der Waals surface area contributed by atoms with E-state index in [-0.39, 0.29) is 24.6 Å². The van der Waals surface area contributed by atoms with E-state index in [1.165, 1.54) is 0 Å². The molecule has 5 N–H and O–H groups in total. The molecule has 0 saturated heterocycles. The number of nitrogens with zero attached hydrogens (tertiary/aromatic N) is 3. The van der Waals surface area contributed by atoms with E-state index < -0.39 is 0 Å². The summed E-state index contributed by atoms with van der Waals surface area (Å²) in [6, 6.07) is 0.0608. The van der Waals surface area contributed by atoms with Crippen molar-refractivity contribution < 1.29 is 14.6 Å². The van der Waals surface area contributed by atoms with Gasteiger partial charge in [0.25, 0.3) is 0 Å². The minimum absolute atomic E-state index is 0.0342. The van der Waals surface area contributed by atoms with Crippen molar-refractivity contribution in [2.75, 3.05) is 37.7 Å². The lowest BCUT2D eigenvalue weighted by atomic mass is 10.2. The highest BCUT2D eigenvalue weighted by atomic mass is 16.5. The van der Waals surface area contributed by atoms with Gasteiger partial charge in [-0.2, -0.15) is 15.0 Å². The highest BCUT2D eigenvalue weighted by Crippen LogP contribution is 2.12. The first-order valence-electron chi connectivity index (χ1n) is 5.95. The van der Waals surface area contributed by atoms with E-state index in [0.717, 1.165) is 0 Å². The largest absolute Gasteiger partial charge is 0.464 e. The predicted molar refractivity (Wildman–Crippen MR) is 69.8 cm³/mol. The first kappa shape index (κ1) is 15.3. The van der Waals surface area contributed by atoms with Crippen LogP contribution in [0.5, 0.6) is 6.01 Å². The Morgan fingerprint density at radius 3 is 2.63 bits per heavy atom. The van der Waals surface area contributed by atoms with E-state index in [4.69, 9.17) is 20.4 Å². The molecule has 0 amide bonds. The predicted octanol–water partition coefficient (Wildman–Crippen LogP) is -0.635. The van der Waals surface area contributed by atoms with E-state index in [1.807, 2.05) is 6.92 Å². The number of aliphatic hydroxyl groups excluding tert-OH is 1. The van der Waals surface area contributed by atoms with Gasteiger partial charge in [0, 0.05) is 13.7 Å². The quantitative estimate of drug-likeness (QED) is 0.343. The monoisotopic (exact) mass is 272 g/mol. The van der Waals surface area contributed by atoms with Crippen LogP contribution in [0.1, 0.15) is 13.3 Å². The second kappa shape index (κ2) is 8.40. The molecule has 0 bridgehead atoms. The molecular weight excluding hydrogens is 252 g/mol. The van der Waals surface area contributed by atoms with Crippen molar-refractivity contribution in [3.05, 3.63) is 0 Å². The molecule has 19 heavy (non-hydrogen) atoms. The van der Waals surface area contributed by atoms with E-state index in [0.29, 0.717) is 25.6 Å². The Hall–Kier alpha value is -1.71. The lowest BCUT2D eigenvalue weighted by Crippen LogP contribution is -2.27. The zero-order chi connectivity index (χ0) is 14.1. The van der Waals surface area contributed by atoms with Crippen molar-refractivity contribution in [1.29, 1.82) is 0 Å². The van der Waals surface area contributed by atoms with Crippen molar-refractivity contribution >= 4 is 11.9 Å². The molecule has 108 valence electrons. The lowest BCUT2D eigenvalue weighted by Gasteiger charge is -2.17. The summed E-state index contributed by atoms with van der Waals surface area (Å²) in [5.74, 6) is 5.78. The third-order valence-corrected chi connectivity index (χ3v) is 2.20. The van der Waals surface area contributed by atoms with Crippen molar-refractivity contribution in [3.63, 3.8) is 0 Å². The second-order valence-electron chi connectivity index (χ2n) is 3.65. The fraction of sp³-hybridized carbons (Fsp3) is 0.700. The highest BCUT2D eigenvalue weighted by molar-refractivity contribution is 5.35. The maximum Gasteiger partial charge on any atom is 0.323 e. The van der Waals surface area contributed by atoms with Gasteiger partial charge >= 0.3 is 6.01 Å². The smallest absolute Gasteiger partial charge is 0.323 e. The minimum Gasteiger partial charge on any atom is -0.464 e. The van der Waals surface area contributed by atoms with Crippen LogP contribution in [0.2, 0.25) is 0 Å². The van der Waals surface area contributed by atoms with Crippen LogP contribution in [-0.4, -0.2) is 53.0 Å². The second-order valence-corrected chi connectivity index (χ2v) is 3.65. The van der Waals surface area contributed by atoms with Crippen LogP contribution in [0, 0.1) is 0 Å². The van der Waals surface area contributed by atoms with Crippen LogP contribution in [0.15, 0.2) is 0 Å². The molecule has 0 radical (unpaired) electrons. The van der Waals surface area contributed by atoms with Crippen LogP contribution in [0.3, 0.4) is 0 Å². The first-order valence-corrected chi connectivity index (χ1v) is 5.95. The molecule has 0 aromatic carbocycles. The van der Waals surface area contributed by atoms with Gasteiger partial charge in [0.05, 0.1) is 19.3 Å². The van der Waals surface area contributed by atoms with Gasteiger partial charge in [-0.1, -0.05) is 0 Å². The van der Waals surface area contributed by atoms with Crippen LogP contribution < -0.4 is 21.3 Å². The van der Waals surface area contributed by atoms with E-state index in [1.54, 1.807) is 7.11 Å². The number of ether oxygens (including phenoxy) is 2. The number of aromatic nitrogens is 3. The summed E-state index contributed by atoms with van der Waals surface area (Å²) >= 11 is 0.